The van der Waals surface area contributed by atoms with Crippen LogP contribution in [0, 0.1) is 12.3 Å². The van der Waals surface area contributed by atoms with E-state index in [0.717, 1.165) is 11.1 Å². The number of tetrazole rings is 1. The number of rotatable bonds is 4. The van der Waals surface area contributed by atoms with Crippen molar-refractivity contribution in [3.8, 4) is 11.4 Å². The Kier molecular flexibility index (Phi) is 3.33. The van der Waals surface area contributed by atoms with E-state index in [2.05, 4.69) is 15.5 Å². The molecule has 0 saturated carbocycles. The molecule has 0 atom stereocenters. The van der Waals surface area contributed by atoms with Gasteiger partial charge in [-0.3, -0.25) is 4.79 Å². The molecule has 1 heterocycles. The summed E-state index contributed by atoms with van der Waals surface area (Å²) >= 11 is 0. The van der Waals surface area contributed by atoms with E-state index in [1.54, 1.807) is 13.8 Å². The lowest BCUT2D eigenvalue weighted by molar-refractivity contribution is -0.147. The van der Waals surface area contributed by atoms with Crippen LogP contribution in [0.1, 0.15) is 19.4 Å². The van der Waals surface area contributed by atoms with Crippen LogP contribution in [0.25, 0.3) is 11.4 Å². The van der Waals surface area contributed by atoms with Crippen molar-refractivity contribution < 1.29 is 9.90 Å². The number of nitrogens with zero attached hydrogens (tertiary/aromatic N) is 4. The number of carboxylic acid groups (broad SMARTS) is 1. The topological polar surface area (TPSA) is 80.9 Å². The number of carboxylic acids is 1. The van der Waals surface area contributed by atoms with E-state index in [1.165, 1.54) is 4.68 Å². The summed E-state index contributed by atoms with van der Waals surface area (Å²) in [6, 6.07) is 7.78. The van der Waals surface area contributed by atoms with Gasteiger partial charge in [-0.2, -0.15) is 0 Å². The molecule has 0 fully saturated rings. The van der Waals surface area contributed by atoms with E-state index in [1.807, 2.05) is 31.2 Å². The van der Waals surface area contributed by atoms with Crippen molar-refractivity contribution in [1.82, 2.24) is 20.2 Å². The van der Waals surface area contributed by atoms with Crippen molar-refractivity contribution in [3.63, 3.8) is 0 Å². The van der Waals surface area contributed by atoms with E-state index >= 15 is 0 Å². The van der Waals surface area contributed by atoms with Gasteiger partial charge in [-0.1, -0.05) is 23.8 Å². The van der Waals surface area contributed by atoms with Gasteiger partial charge in [0, 0.05) is 5.56 Å². The third-order valence-electron chi connectivity index (χ3n) is 2.93. The molecule has 19 heavy (non-hydrogen) atoms. The Bertz CT molecular complexity index is 604. The first-order valence-electron chi connectivity index (χ1n) is 5.97. The number of aryl methyl sites for hydroxylation is 1. The molecule has 2 aromatic rings. The molecule has 6 nitrogen and oxygen atoms in total. The Morgan fingerprint density at radius 3 is 2.79 bits per heavy atom. The number of hydrogen-bond acceptors (Lipinski definition) is 4. The lowest BCUT2D eigenvalue weighted by Crippen LogP contribution is -2.30. The zero-order chi connectivity index (χ0) is 14.0. The molecular weight excluding hydrogens is 244 g/mol. The van der Waals surface area contributed by atoms with E-state index in [-0.39, 0.29) is 6.54 Å². The van der Waals surface area contributed by atoms with Crippen LogP contribution in [0.3, 0.4) is 0 Å². The van der Waals surface area contributed by atoms with Gasteiger partial charge in [-0.05, 0) is 37.3 Å². The summed E-state index contributed by atoms with van der Waals surface area (Å²) in [5, 5.41) is 20.7. The Balaban J connectivity index is 2.36. The van der Waals surface area contributed by atoms with E-state index in [4.69, 9.17) is 5.11 Å². The van der Waals surface area contributed by atoms with Crippen LogP contribution in [-0.4, -0.2) is 31.3 Å². The van der Waals surface area contributed by atoms with Crippen molar-refractivity contribution in [2.45, 2.75) is 27.3 Å². The molecule has 0 amide bonds. The predicted octanol–water partition coefficient (Wildman–Crippen LogP) is 1.76. The number of aromatic nitrogens is 4. The number of carbonyl (C=O) groups is 1. The van der Waals surface area contributed by atoms with Crippen LogP contribution in [0.4, 0.5) is 0 Å². The third-order valence-corrected chi connectivity index (χ3v) is 2.93. The Morgan fingerprint density at radius 1 is 1.42 bits per heavy atom. The van der Waals surface area contributed by atoms with Crippen LogP contribution in [0.5, 0.6) is 0 Å². The molecule has 2 rings (SSSR count). The first-order chi connectivity index (χ1) is 8.90. The second-order valence-electron chi connectivity index (χ2n) is 5.22. The highest BCUT2D eigenvalue weighted by atomic mass is 16.4. The maximum absolute atomic E-state index is 11.2. The smallest absolute Gasteiger partial charge is 0.310 e. The molecule has 6 heteroatoms. The van der Waals surface area contributed by atoms with Crippen molar-refractivity contribution >= 4 is 5.97 Å². The highest BCUT2D eigenvalue weighted by molar-refractivity contribution is 5.73. The second kappa shape index (κ2) is 4.79. The Morgan fingerprint density at radius 2 is 2.16 bits per heavy atom. The maximum Gasteiger partial charge on any atom is 0.310 e. The fourth-order valence-electron chi connectivity index (χ4n) is 1.74. The third kappa shape index (κ3) is 2.78. The SMILES string of the molecule is Cc1cccc(-c2nnnn2CC(C)(C)C(=O)O)c1. The van der Waals surface area contributed by atoms with Gasteiger partial charge in [0.1, 0.15) is 0 Å². The Hall–Kier alpha value is -2.24. The normalized spacial score (nSPS) is 11.5. The highest BCUT2D eigenvalue weighted by Crippen LogP contribution is 2.22. The minimum absolute atomic E-state index is 0.221. The summed E-state index contributed by atoms with van der Waals surface area (Å²) in [5.41, 5.74) is 1.06. The zero-order valence-corrected chi connectivity index (χ0v) is 11.2. The average Bonchev–Trinajstić information content (AvgIpc) is 2.76. The van der Waals surface area contributed by atoms with Crippen LogP contribution >= 0.6 is 0 Å². The average molecular weight is 260 g/mol. The number of aliphatic carboxylic acids is 1. The fraction of sp³-hybridized carbons (Fsp3) is 0.385. The van der Waals surface area contributed by atoms with Gasteiger partial charge in [0.2, 0.25) is 0 Å². The highest BCUT2D eigenvalue weighted by Gasteiger charge is 2.29. The lowest BCUT2D eigenvalue weighted by atomic mass is 9.94. The van der Waals surface area contributed by atoms with Crippen molar-refractivity contribution in [2.75, 3.05) is 0 Å². The summed E-state index contributed by atoms with van der Waals surface area (Å²) in [5.74, 6) is -0.295. The first kappa shape index (κ1) is 13.2. The van der Waals surface area contributed by atoms with Crippen molar-refractivity contribution in [2.24, 2.45) is 5.41 Å². The van der Waals surface area contributed by atoms with Crippen LogP contribution < -0.4 is 0 Å². The monoisotopic (exact) mass is 260 g/mol. The molecule has 0 spiro atoms. The van der Waals surface area contributed by atoms with E-state index in [9.17, 15) is 4.79 Å². The number of hydrogen-bond donors (Lipinski definition) is 1. The van der Waals surface area contributed by atoms with Crippen LogP contribution in [0.15, 0.2) is 24.3 Å². The standard InChI is InChI=1S/C13H16N4O2/c1-9-5-4-6-10(7-9)11-14-15-16-17(11)8-13(2,3)12(18)19/h4-7H,8H2,1-3H3,(H,18,19). The molecule has 0 aliphatic rings. The van der Waals surface area contributed by atoms with Gasteiger partial charge in [0.15, 0.2) is 5.82 Å². The zero-order valence-electron chi connectivity index (χ0n) is 11.2. The molecule has 0 aliphatic heterocycles. The molecule has 0 saturated heterocycles. The minimum Gasteiger partial charge on any atom is -0.481 e. The summed E-state index contributed by atoms with van der Waals surface area (Å²) in [7, 11) is 0. The van der Waals surface area contributed by atoms with Gasteiger partial charge < -0.3 is 5.11 Å². The molecule has 0 radical (unpaired) electrons. The molecule has 0 bridgehead atoms. The first-order valence-corrected chi connectivity index (χ1v) is 5.97. The molecule has 0 unspecified atom stereocenters. The van der Waals surface area contributed by atoms with E-state index in [0.29, 0.717) is 5.82 Å². The Labute approximate surface area is 111 Å². The quantitative estimate of drug-likeness (QED) is 0.905. The molecule has 1 aromatic heterocycles. The van der Waals surface area contributed by atoms with E-state index < -0.39 is 11.4 Å². The summed E-state index contributed by atoms with van der Waals surface area (Å²) in [6.45, 7) is 5.51. The summed E-state index contributed by atoms with van der Waals surface area (Å²) < 4.78 is 1.53. The van der Waals surface area contributed by atoms with Gasteiger partial charge in [0.05, 0.1) is 12.0 Å². The van der Waals surface area contributed by atoms with Gasteiger partial charge >= 0.3 is 5.97 Å². The summed E-state index contributed by atoms with van der Waals surface area (Å²) in [6.07, 6.45) is 0. The van der Waals surface area contributed by atoms with Gasteiger partial charge in [0.25, 0.3) is 0 Å². The minimum atomic E-state index is -0.923. The van der Waals surface area contributed by atoms with Crippen LogP contribution in [-0.2, 0) is 11.3 Å². The van der Waals surface area contributed by atoms with Crippen molar-refractivity contribution in [1.29, 1.82) is 0 Å². The predicted molar refractivity (Wildman–Crippen MR) is 69.4 cm³/mol. The second-order valence-corrected chi connectivity index (χ2v) is 5.22. The molecular formula is C13H16N4O2. The van der Waals surface area contributed by atoms with Crippen LogP contribution in [0.2, 0.25) is 0 Å². The van der Waals surface area contributed by atoms with Gasteiger partial charge in [-0.15, -0.1) is 5.10 Å². The van der Waals surface area contributed by atoms with Crippen molar-refractivity contribution in [3.05, 3.63) is 29.8 Å². The fourth-order valence-corrected chi connectivity index (χ4v) is 1.74. The lowest BCUT2D eigenvalue weighted by Gasteiger charge is -2.19. The molecule has 1 N–H and O–H groups in total. The largest absolute Gasteiger partial charge is 0.481 e. The summed E-state index contributed by atoms with van der Waals surface area (Å²) in [4.78, 5) is 11.2. The number of benzene rings is 1. The molecule has 1 aromatic carbocycles. The van der Waals surface area contributed by atoms with Gasteiger partial charge in [-0.25, -0.2) is 4.68 Å². The maximum atomic E-state index is 11.2. The molecule has 0 aliphatic carbocycles. The molecule has 100 valence electrons.